The Balaban J connectivity index is 1.53. The number of aryl methyl sites for hydroxylation is 5. The number of fused-ring (bicyclic) bond motifs is 1. The van der Waals surface area contributed by atoms with Crippen molar-refractivity contribution in [1.82, 2.24) is 0 Å². The lowest BCUT2D eigenvalue weighted by Gasteiger charge is -2.19. The smallest absolute Gasteiger partial charge is 0.0149 e. The van der Waals surface area contributed by atoms with Gasteiger partial charge in [-0.05, 0) is 82.7 Å². The topological polar surface area (TPSA) is 0 Å². The first-order chi connectivity index (χ1) is 16.9. The Kier molecular flexibility index (Phi) is 7.16. The van der Waals surface area contributed by atoms with Crippen LogP contribution in [0.15, 0.2) is 121 Å². The second-order valence-corrected chi connectivity index (χ2v) is 9.17. The molecule has 0 saturated heterocycles. The van der Waals surface area contributed by atoms with Gasteiger partial charge in [0, 0.05) is 0 Å². The maximum atomic E-state index is 2.46. The van der Waals surface area contributed by atoms with Crippen molar-refractivity contribution in [1.29, 1.82) is 0 Å². The van der Waals surface area contributed by atoms with E-state index in [2.05, 4.69) is 121 Å². The molecule has 0 spiro atoms. The van der Waals surface area contributed by atoms with E-state index >= 15 is 0 Å². The highest BCUT2D eigenvalue weighted by atomic mass is 14.2. The van der Waals surface area contributed by atoms with Crippen molar-refractivity contribution in [3.05, 3.63) is 155 Å². The summed E-state index contributed by atoms with van der Waals surface area (Å²) in [7, 11) is 0. The van der Waals surface area contributed by atoms with Gasteiger partial charge in [-0.15, -0.1) is 0 Å². The van der Waals surface area contributed by atoms with Crippen LogP contribution >= 0.6 is 0 Å². The SMILES string of the molecule is c1ccc(CCc2cc3ccccc3c(CCc3ccccc3)c2CCc2ccccc2)cc1. The zero-order chi connectivity index (χ0) is 23.0. The van der Waals surface area contributed by atoms with Gasteiger partial charge in [0.2, 0.25) is 0 Å². The first-order valence-electron chi connectivity index (χ1n) is 12.5. The summed E-state index contributed by atoms with van der Waals surface area (Å²) in [6, 6.07) is 44.2. The molecule has 0 aliphatic carbocycles. The number of rotatable bonds is 9. The first-order valence-corrected chi connectivity index (χ1v) is 12.5. The van der Waals surface area contributed by atoms with Crippen LogP contribution in [0.4, 0.5) is 0 Å². The van der Waals surface area contributed by atoms with Gasteiger partial charge in [0.25, 0.3) is 0 Å². The largest absolute Gasteiger partial charge is 0.0622 e. The fourth-order valence-corrected chi connectivity index (χ4v) is 5.10. The summed E-state index contributed by atoms with van der Waals surface area (Å²) >= 11 is 0. The molecule has 0 heterocycles. The molecule has 5 rings (SSSR count). The summed E-state index contributed by atoms with van der Waals surface area (Å²) in [5, 5.41) is 2.79. The van der Waals surface area contributed by atoms with E-state index in [1.807, 2.05) is 0 Å². The van der Waals surface area contributed by atoms with E-state index < -0.39 is 0 Å². The number of hydrogen-bond acceptors (Lipinski definition) is 0. The van der Waals surface area contributed by atoms with Gasteiger partial charge in [-0.25, -0.2) is 0 Å². The van der Waals surface area contributed by atoms with E-state index in [1.165, 1.54) is 33.0 Å². The summed E-state index contributed by atoms with van der Waals surface area (Å²) in [5.74, 6) is 0. The van der Waals surface area contributed by atoms with Crippen LogP contribution in [-0.2, 0) is 38.5 Å². The fourth-order valence-electron chi connectivity index (χ4n) is 5.10. The van der Waals surface area contributed by atoms with Crippen molar-refractivity contribution < 1.29 is 0 Å². The lowest BCUT2D eigenvalue weighted by Crippen LogP contribution is -2.07. The van der Waals surface area contributed by atoms with Gasteiger partial charge in [0.15, 0.2) is 0 Å². The van der Waals surface area contributed by atoms with E-state index in [1.54, 1.807) is 11.1 Å². The molecule has 0 N–H and O–H groups in total. The Morgan fingerprint density at radius 1 is 0.353 bits per heavy atom. The Hall–Kier alpha value is -3.64. The van der Waals surface area contributed by atoms with E-state index in [-0.39, 0.29) is 0 Å². The third kappa shape index (κ3) is 5.46. The molecule has 0 aromatic heterocycles. The molecule has 0 nitrogen and oxygen atoms in total. The van der Waals surface area contributed by atoms with Crippen molar-refractivity contribution in [3.8, 4) is 0 Å². The van der Waals surface area contributed by atoms with Crippen molar-refractivity contribution >= 4 is 10.8 Å². The minimum atomic E-state index is 1.07. The van der Waals surface area contributed by atoms with Crippen LogP contribution < -0.4 is 0 Å². The lowest BCUT2D eigenvalue weighted by molar-refractivity contribution is 0.862. The minimum Gasteiger partial charge on any atom is -0.0622 e. The minimum absolute atomic E-state index is 1.07. The van der Waals surface area contributed by atoms with Crippen LogP contribution in [0.2, 0.25) is 0 Å². The van der Waals surface area contributed by atoms with Gasteiger partial charge in [0.1, 0.15) is 0 Å². The molecular formula is C34H32. The maximum Gasteiger partial charge on any atom is -0.0149 e. The molecule has 0 fully saturated rings. The molecule has 5 aromatic carbocycles. The second kappa shape index (κ2) is 11.0. The van der Waals surface area contributed by atoms with E-state index in [9.17, 15) is 0 Å². The van der Waals surface area contributed by atoms with Crippen molar-refractivity contribution in [2.75, 3.05) is 0 Å². The predicted octanol–water partition coefficient (Wildman–Crippen LogP) is 8.20. The summed E-state index contributed by atoms with van der Waals surface area (Å²) in [6.45, 7) is 0. The summed E-state index contributed by atoms with van der Waals surface area (Å²) in [4.78, 5) is 0. The molecule has 0 atom stereocenters. The lowest BCUT2D eigenvalue weighted by atomic mass is 9.85. The first kappa shape index (κ1) is 22.2. The Bertz CT molecular complexity index is 1320. The Labute approximate surface area is 203 Å². The Morgan fingerprint density at radius 3 is 1.35 bits per heavy atom. The molecular weight excluding hydrogens is 408 g/mol. The van der Waals surface area contributed by atoms with Crippen molar-refractivity contribution in [2.24, 2.45) is 0 Å². The third-order valence-electron chi connectivity index (χ3n) is 6.91. The number of hydrogen-bond donors (Lipinski definition) is 0. The molecule has 34 heavy (non-hydrogen) atoms. The molecule has 5 aromatic rings. The molecule has 0 saturated carbocycles. The molecule has 0 radical (unpaired) electrons. The molecule has 0 aliphatic rings. The van der Waals surface area contributed by atoms with Crippen molar-refractivity contribution in [2.45, 2.75) is 38.5 Å². The van der Waals surface area contributed by atoms with Gasteiger partial charge in [-0.2, -0.15) is 0 Å². The van der Waals surface area contributed by atoms with Gasteiger partial charge in [-0.1, -0.05) is 121 Å². The zero-order valence-corrected chi connectivity index (χ0v) is 19.8. The quantitative estimate of drug-likeness (QED) is 0.217. The standard InChI is InChI=1S/C34H32/c1-4-12-27(13-5-1)20-23-31-26-30-18-10-11-19-32(30)34(25-22-29-16-8-3-9-17-29)33(31)24-21-28-14-6-2-7-15-28/h1-19,26H,20-25H2. The summed E-state index contributed by atoms with van der Waals surface area (Å²) < 4.78 is 0. The molecule has 0 bridgehead atoms. The monoisotopic (exact) mass is 440 g/mol. The highest BCUT2D eigenvalue weighted by Crippen LogP contribution is 2.30. The van der Waals surface area contributed by atoms with Crippen molar-refractivity contribution in [3.63, 3.8) is 0 Å². The highest BCUT2D eigenvalue weighted by molar-refractivity contribution is 5.88. The van der Waals surface area contributed by atoms with Gasteiger partial charge in [0.05, 0.1) is 0 Å². The van der Waals surface area contributed by atoms with Gasteiger partial charge >= 0.3 is 0 Å². The van der Waals surface area contributed by atoms with E-state index in [0.717, 1.165) is 38.5 Å². The predicted molar refractivity (Wildman–Crippen MR) is 145 cm³/mol. The summed E-state index contributed by atoms with van der Waals surface area (Å²) in [6.07, 6.45) is 6.48. The van der Waals surface area contributed by atoms with E-state index in [4.69, 9.17) is 0 Å². The zero-order valence-electron chi connectivity index (χ0n) is 19.8. The van der Waals surface area contributed by atoms with Crippen LogP contribution in [-0.4, -0.2) is 0 Å². The van der Waals surface area contributed by atoms with Crippen LogP contribution in [0.3, 0.4) is 0 Å². The van der Waals surface area contributed by atoms with E-state index in [0.29, 0.717) is 0 Å². The molecule has 0 heteroatoms. The summed E-state index contributed by atoms with van der Waals surface area (Å²) in [5.41, 5.74) is 8.86. The fraction of sp³-hybridized carbons (Fsp3) is 0.176. The average molecular weight is 441 g/mol. The average Bonchev–Trinajstić information content (AvgIpc) is 2.91. The van der Waals surface area contributed by atoms with Crippen LogP contribution in [0.5, 0.6) is 0 Å². The second-order valence-electron chi connectivity index (χ2n) is 9.17. The molecule has 0 amide bonds. The van der Waals surface area contributed by atoms with Gasteiger partial charge < -0.3 is 0 Å². The molecule has 0 unspecified atom stereocenters. The Morgan fingerprint density at radius 2 is 0.794 bits per heavy atom. The number of benzene rings is 5. The molecule has 0 aliphatic heterocycles. The van der Waals surface area contributed by atoms with Gasteiger partial charge in [-0.3, -0.25) is 0 Å². The van der Waals surface area contributed by atoms with Crippen LogP contribution in [0, 0.1) is 0 Å². The maximum absolute atomic E-state index is 2.46. The normalized spacial score (nSPS) is 11.1. The van der Waals surface area contributed by atoms with Crippen LogP contribution in [0.1, 0.15) is 33.4 Å². The van der Waals surface area contributed by atoms with Crippen LogP contribution in [0.25, 0.3) is 10.8 Å². The third-order valence-corrected chi connectivity index (χ3v) is 6.91. The molecule has 168 valence electrons. The highest BCUT2D eigenvalue weighted by Gasteiger charge is 2.14.